The number of nitrogens with zero attached hydrogens (tertiary/aromatic N) is 3. The highest BCUT2D eigenvalue weighted by Gasteiger charge is 2.15. The van der Waals surface area contributed by atoms with Crippen LogP contribution in [0.15, 0.2) is 34.2 Å². The van der Waals surface area contributed by atoms with E-state index in [9.17, 15) is 4.79 Å². The maximum absolute atomic E-state index is 13.0. The van der Waals surface area contributed by atoms with Crippen LogP contribution >= 0.6 is 0 Å². The van der Waals surface area contributed by atoms with Crippen molar-refractivity contribution in [1.29, 1.82) is 0 Å². The van der Waals surface area contributed by atoms with Crippen LogP contribution in [0.1, 0.15) is 52.9 Å². The molecule has 1 aromatic heterocycles. The smallest absolute Gasteiger partial charge is 0.262 e. The molecule has 146 valence electrons. The first-order chi connectivity index (χ1) is 13.0. The molecule has 6 heteroatoms. The molecule has 0 bridgehead atoms. The number of hydrazone groups is 1. The predicted octanol–water partition coefficient (Wildman–Crippen LogP) is 4.19. The molecule has 1 aliphatic rings. The molecule has 1 atom stereocenters. The third kappa shape index (κ3) is 5.16. The van der Waals surface area contributed by atoms with Crippen LogP contribution in [0.4, 0.5) is 5.95 Å². The summed E-state index contributed by atoms with van der Waals surface area (Å²) in [6.07, 6.45) is 5.39. The second-order valence-corrected chi connectivity index (χ2v) is 7.67. The van der Waals surface area contributed by atoms with Crippen LogP contribution in [-0.2, 0) is 11.3 Å². The standard InChI is InChI=1S/C21H30N4O2/c1-15(2)27-13-7-12-25-20(26)18-10-4-5-11-19(18)22-21(25)24-23-17-9-6-8-16(3)14-17/h4-5,10-11,15-16H,6-9,12-14H2,1-3H3,(H,22,24)/b23-17-/t16-/m0/s1. The van der Waals surface area contributed by atoms with Crippen LogP contribution in [0.3, 0.4) is 0 Å². The molecule has 0 saturated heterocycles. The number of hydrogen-bond acceptors (Lipinski definition) is 5. The minimum atomic E-state index is -0.0372. The first-order valence-electron chi connectivity index (χ1n) is 9.97. The summed E-state index contributed by atoms with van der Waals surface area (Å²) in [7, 11) is 0. The second kappa shape index (κ2) is 9.13. The quantitative estimate of drug-likeness (QED) is 0.586. The lowest BCUT2D eigenvalue weighted by molar-refractivity contribution is 0.0748. The number of benzene rings is 1. The average Bonchev–Trinajstić information content (AvgIpc) is 2.65. The molecule has 2 aromatic rings. The summed E-state index contributed by atoms with van der Waals surface area (Å²) in [5.41, 5.74) is 4.90. The van der Waals surface area contributed by atoms with E-state index >= 15 is 0 Å². The van der Waals surface area contributed by atoms with Crippen LogP contribution in [0.5, 0.6) is 0 Å². The van der Waals surface area contributed by atoms with Crippen LogP contribution < -0.4 is 11.0 Å². The van der Waals surface area contributed by atoms with Crippen molar-refractivity contribution < 1.29 is 4.74 Å². The van der Waals surface area contributed by atoms with Crippen molar-refractivity contribution in [3.63, 3.8) is 0 Å². The minimum Gasteiger partial charge on any atom is -0.379 e. The molecular weight excluding hydrogens is 340 g/mol. The van der Waals surface area contributed by atoms with E-state index in [4.69, 9.17) is 4.74 Å². The maximum Gasteiger partial charge on any atom is 0.262 e. The predicted molar refractivity (Wildman–Crippen MR) is 110 cm³/mol. The van der Waals surface area contributed by atoms with Gasteiger partial charge in [-0.15, -0.1) is 0 Å². The highest BCUT2D eigenvalue weighted by molar-refractivity contribution is 5.86. The average molecular weight is 370 g/mol. The van der Waals surface area contributed by atoms with E-state index in [1.54, 1.807) is 4.57 Å². The van der Waals surface area contributed by atoms with Gasteiger partial charge in [0.1, 0.15) is 0 Å². The molecule has 0 radical (unpaired) electrons. The molecule has 1 aromatic carbocycles. The molecule has 3 rings (SSSR count). The molecule has 0 spiro atoms. The van der Waals surface area contributed by atoms with Crippen molar-refractivity contribution >= 4 is 22.6 Å². The van der Waals surface area contributed by atoms with Gasteiger partial charge in [-0.1, -0.05) is 19.1 Å². The first kappa shape index (κ1) is 19.5. The normalized spacial score (nSPS) is 19.1. The molecule has 1 heterocycles. The number of nitrogens with one attached hydrogen (secondary N) is 1. The Labute approximate surface area is 160 Å². The fourth-order valence-corrected chi connectivity index (χ4v) is 3.49. The van der Waals surface area contributed by atoms with Gasteiger partial charge in [-0.2, -0.15) is 5.10 Å². The Morgan fingerprint density at radius 2 is 2.19 bits per heavy atom. The van der Waals surface area contributed by atoms with Gasteiger partial charge in [-0.05, 0) is 64.0 Å². The van der Waals surface area contributed by atoms with Crippen molar-refractivity contribution in [2.45, 2.75) is 65.5 Å². The van der Waals surface area contributed by atoms with Crippen molar-refractivity contribution in [3.05, 3.63) is 34.6 Å². The molecule has 0 amide bonds. The van der Waals surface area contributed by atoms with Crippen molar-refractivity contribution in [2.75, 3.05) is 12.0 Å². The van der Waals surface area contributed by atoms with E-state index in [1.807, 2.05) is 38.1 Å². The third-order valence-electron chi connectivity index (χ3n) is 4.90. The first-order valence-corrected chi connectivity index (χ1v) is 9.97. The van der Waals surface area contributed by atoms with E-state index in [1.165, 1.54) is 12.8 Å². The van der Waals surface area contributed by atoms with Gasteiger partial charge in [-0.25, -0.2) is 10.4 Å². The van der Waals surface area contributed by atoms with E-state index in [0.717, 1.165) is 25.0 Å². The van der Waals surface area contributed by atoms with Gasteiger partial charge >= 0.3 is 0 Å². The minimum absolute atomic E-state index is 0.0372. The Morgan fingerprint density at radius 3 is 2.96 bits per heavy atom. The van der Waals surface area contributed by atoms with E-state index in [0.29, 0.717) is 35.9 Å². The van der Waals surface area contributed by atoms with Gasteiger partial charge < -0.3 is 4.74 Å². The van der Waals surface area contributed by atoms with Crippen LogP contribution in [0, 0.1) is 5.92 Å². The number of anilines is 1. The lowest BCUT2D eigenvalue weighted by Crippen LogP contribution is -2.25. The number of ether oxygens (including phenoxy) is 1. The van der Waals surface area contributed by atoms with Crippen LogP contribution in [0.25, 0.3) is 10.9 Å². The van der Waals surface area contributed by atoms with Gasteiger partial charge in [0.05, 0.1) is 17.0 Å². The van der Waals surface area contributed by atoms with Crippen LogP contribution in [-0.4, -0.2) is 28.0 Å². The number of fused-ring (bicyclic) bond motifs is 1. The highest BCUT2D eigenvalue weighted by atomic mass is 16.5. The third-order valence-corrected chi connectivity index (χ3v) is 4.90. The molecule has 6 nitrogen and oxygen atoms in total. The lowest BCUT2D eigenvalue weighted by atomic mass is 9.89. The molecule has 0 aliphatic heterocycles. The Bertz CT molecular complexity index is 857. The van der Waals surface area contributed by atoms with Gasteiger partial charge in [0.25, 0.3) is 5.56 Å². The van der Waals surface area contributed by atoms with E-state index in [2.05, 4.69) is 22.4 Å². The fraction of sp³-hybridized carbons (Fsp3) is 0.571. The molecule has 1 aliphatic carbocycles. The van der Waals surface area contributed by atoms with Gasteiger partial charge in [0.15, 0.2) is 0 Å². The zero-order valence-corrected chi connectivity index (χ0v) is 16.6. The summed E-state index contributed by atoms with van der Waals surface area (Å²) < 4.78 is 7.30. The largest absolute Gasteiger partial charge is 0.379 e. The number of para-hydroxylation sites is 1. The second-order valence-electron chi connectivity index (χ2n) is 7.67. The van der Waals surface area contributed by atoms with Crippen molar-refractivity contribution in [1.82, 2.24) is 9.55 Å². The molecule has 27 heavy (non-hydrogen) atoms. The van der Waals surface area contributed by atoms with E-state index in [-0.39, 0.29) is 11.7 Å². The SMILES string of the molecule is CC(C)OCCCn1c(N/N=C2/CCC[C@H](C)C2)nc2ccccc2c1=O. The molecule has 1 saturated carbocycles. The fourth-order valence-electron chi connectivity index (χ4n) is 3.49. The summed E-state index contributed by atoms with van der Waals surface area (Å²) >= 11 is 0. The molecule has 0 unspecified atom stereocenters. The summed E-state index contributed by atoms with van der Waals surface area (Å²) in [5.74, 6) is 1.17. The van der Waals surface area contributed by atoms with Gasteiger partial charge in [-0.3, -0.25) is 9.36 Å². The summed E-state index contributed by atoms with van der Waals surface area (Å²) in [4.78, 5) is 17.6. The topological polar surface area (TPSA) is 68.5 Å². The zero-order valence-electron chi connectivity index (χ0n) is 16.6. The van der Waals surface area contributed by atoms with Gasteiger partial charge in [0, 0.05) is 18.9 Å². The zero-order chi connectivity index (χ0) is 19.2. The number of rotatable bonds is 7. The van der Waals surface area contributed by atoms with Crippen molar-refractivity contribution in [2.24, 2.45) is 11.0 Å². The number of aromatic nitrogens is 2. The Kier molecular flexibility index (Phi) is 6.61. The lowest BCUT2D eigenvalue weighted by Gasteiger charge is -2.19. The Hall–Kier alpha value is -2.21. The van der Waals surface area contributed by atoms with Crippen molar-refractivity contribution in [3.8, 4) is 0 Å². The summed E-state index contributed by atoms with van der Waals surface area (Å²) in [6.45, 7) is 7.44. The van der Waals surface area contributed by atoms with E-state index < -0.39 is 0 Å². The number of hydrogen-bond donors (Lipinski definition) is 1. The molecule has 1 N–H and O–H groups in total. The molecular formula is C21H30N4O2. The monoisotopic (exact) mass is 370 g/mol. The summed E-state index contributed by atoms with van der Waals surface area (Å²) in [5, 5.41) is 5.21. The maximum atomic E-state index is 13.0. The molecule has 1 fully saturated rings. The van der Waals surface area contributed by atoms with Gasteiger partial charge in [0.2, 0.25) is 5.95 Å². The Morgan fingerprint density at radius 1 is 1.37 bits per heavy atom. The summed E-state index contributed by atoms with van der Waals surface area (Å²) in [6, 6.07) is 7.46. The van der Waals surface area contributed by atoms with Crippen LogP contribution in [0.2, 0.25) is 0 Å². The Balaban J connectivity index is 1.85. The highest BCUT2D eigenvalue weighted by Crippen LogP contribution is 2.21.